The Morgan fingerprint density at radius 1 is 1.17 bits per heavy atom. The molecule has 0 radical (unpaired) electrons. The molecule has 0 aromatic rings. The van der Waals surface area contributed by atoms with E-state index in [1.807, 2.05) is 0 Å². The molecule has 1 fully saturated rings. The lowest BCUT2D eigenvalue weighted by atomic mass is 9.84. The fourth-order valence-corrected chi connectivity index (χ4v) is 2.72. The summed E-state index contributed by atoms with van der Waals surface area (Å²) in [4.78, 5) is 4.30. The number of guanidine groups is 1. The minimum atomic E-state index is -0.209. The first-order valence-corrected chi connectivity index (χ1v) is 8.60. The van der Waals surface area contributed by atoms with Gasteiger partial charge in [0.25, 0.3) is 0 Å². The Morgan fingerprint density at radius 2 is 1.83 bits per heavy atom. The topological polar surface area (TPSA) is 54.9 Å². The molecule has 0 heterocycles. The second-order valence-corrected chi connectivity index (χ2v) is 6.84. The second kappa shape index (κ2) is 11.5. The van der Waals surface area contributed by atoms with Gasteiger partial charge in [-0.1, -0.05) is 26.2 Å². The molecule has 0 amide bonds. The van der Waals surface area contributed by atoms with Gasteiger partial charge in [-0.2, -0.15) is 0 Å². The molecule has 1 rings (SSSR count). The number of nitrogens with zero attached hydrogens (tertiary/aromatic N) is 1. The minimum absolute atomic E-state index is 0. The molecule has 2 N–H and O–H groups in total. The Balaban J connectivity index is 0.00000484. The maximum absolute atomic E-state index is 6.21. The predicted molar refractivity (Wildman–Crippen MR) is 108 cm³/mol. The van der Waals surface area contributed by atoms with Crippen LogP contribution in [0.25, 0.3) is 0 Å². The van der Waals surface area contributed by atoms with E-state index in [0.29, 0.717) is 6.54 Å². The molecule has 0 unspecified atom stereocenters. The molecule has 0 aromatic carbocycles. The Kier molecular flexibility index (Phi) is 11.4. The summed E-state index contributed by atoms with van der Waals surface area (Å²) in [5.41, 5.74) is -0.235. The first-order chi connectivity index (χ1) is 10.5. The number of ether oxygens (including phenoxy) is 2. The van der Waals surface area contributed by atoms with Crippen molar-refractivity contribution in [1.29, 1.82) is 0 Å². The number of methoxy groups -OCH3 is 1. The van der Waals surface area contributed by atoms with Crippen LogP contribution in [0.15, 0.2) is 4.99 Å². The van der Waals surface area contributed by atoms with Gasteiger partial charge >= 0.3 is 0 Å². The molecule has 23 heavy (non-hydrogen) atoms. The van der Waals surface area contributed by atoms with Crippen molar-refractivity contribution in [3.63, 3.8) is 0 Å². The van der Waals surface area contributed by atoms with Gasteiger partial charge in [0.15, 0.2) is 5.96 Å². The summed E-state index contributed by atoms with van der Waals surface area (Å²) in [7, 11) is 3.53. The fourth-order valence-electron chi connectivity index (χ4n) is 2.72. The number of aliphatic imine (C=N–C) groups is 1. The lowest BCUT2D eigenvalue weighted by molar-refractivity contribution is -0.0657. The second-order valence-electron chi connectivity index (χ2n) is 6.84. The van der Waals surface area contributed by atoms with E-state index < -0.39 is 0 Å². The van der Waals surface area contributed by atoms with Crippen LogP contribution >= 0.6 is 24.0 Å². The molecule has 138 valence electrons. The van der Waals surface area contributed by atoms with Gasteiger partial charge < -0.3 is 20.1 Å². The van der Waals surface area contributed by atoms with E-state index in [4.69, 9.17) is 9.47 Å². The molecule has 0 saturated heterocycles. The van der Waals surface area contributed by atoms with Gasteiger partial charge in [-0.15, -0.1) is 24.0 Å². The smallest absolute Gasteiger partial charge is 0.191 e. The predicted octanol–water partition coefficient (Wildman–Crippen LogP) is 3.32. The van der Waals surface area contributed by atoms with Crippen LogP contribution in [0.1, 0.15) is 59.3 Å². The van der Waals surface area contributed by atoms with Gasteiger partial charge in [0.2, 0.25) is 0 Å². The van der Waals surface area contributed by atoms with Crippen molar-refractivity contribution in [2.45, 2.75) is 70.5 Å². The lowest BCUT2D eigenvalue weighted by Gasteiger charge is -2.38. The molecule has 5 nitrogen and oxygen atoms in total. The lowest BCUT2D eigenvalue weighted by Crippen LogP contribution is -2.51. The Bertz CT molecular complexity index is 343. The van der Waals surface area contributed by atoms with E-state index in [2.05, 4.69) is 36.4 Å². The van der Waals surface area contributed by atoms with Crippen LogP contribution in [0.5, 0.6) is 0 Å². The Hall–Kier alpha value is -0.0800. The first kappa shape index (κ1) is 22.9. The van der Waals surface area contributed by atoms with E-state index in [1.165, 1.54) is 19.3 Å². The average Bonchev–Trinajstić information content (AvgIpc) is 2.54. The van der Waals surface area contributed by atoms with Gasteiger partial charge in [0.1, 0.15) is 0 Å². The molecule has 1 saturated carbocycles. The van der Waals surface area contributed by atoms with Crippen LogP contribution < -0.4 is 10.6 Å². The highest BCUT2D eigenvalue weighted by Crippen LogP contribution is 2.31. The van der Waals surface area contributed by atoms with Crippen molar-refractivity contribution in [2.75, 3.05) is 33.9 Å². The van der Waals surface area contributed by atoms with Crippen LogP contribution in [0, 0.1) is 0 Å². The summed E-state index contributed by atoms with van der Waals surface area (Å²) in [6, 6.07) is 0. The van der Waals surface area contributed by atoms with Crippen molar-refractivity contribution in [3.05, 3.63) is 0 Å². The number of rotatable bonds is 8. The molecule has 0 aliphatic heterocycles. The van der Waals surface area contributed by atoms with E-state index >= 15 is 0 Å². The summed E-state index contributed by atoms with van der Waals surface area (Å²) >= 11 is 0. The zero-order chi connectivity index (χ0) is 16.5. The van der Waals surface area contributed by atoms with Crippen molar-refractivity contribution in [1.82, 2.24) is 10.6 Å². The van der Waals surface area contributed by atoms with Crippen molar-refractivity contribution >= 4 is 29.9 Å². The maximum Gasteiger partial charge on any atom is 0.191 e. The van der Waals surface area contributed by atoms with Gasteiger partial charge in [-0.05, 0) is 33.1 Å². The van der Waals surface area contributed by atoms with Gasteiger partial charge in [-0.25, -0.2) is 0 Å². The fraction of sp³-hybridized carbons (Fsp3) is 0.941. The van der Waals surface area contributed by atoms with E-state index in [1.54, 1.807) is 14.2 Å². The zero-order valence-corrected chi connectivity index (χ0v) is 17.9. The summed E-state index contributed by atoms with van der Waals surface area (Å²) in [6.07, 6.45) is 7.19. The van der Waals surface area contributed by atoms with Gasteiger partial charge in [0, 0.05) is 33.9 Å². The van der Waals surface area contributed by atoms with Crippen LogP contribution in [-0.2, 0) is 9.47 Å². The van der Waals surface area contributed by atoms with Gasteiger partial charge in [-0.3, -0.25) is 4.99 Å². The quantitative estimate of drug-likeness (QED) is 0.345. The highest BCUT2D eigenvalue weighted by Gasteiger charge is 2.33. The molecule has 1 aliphatic carbocycles. The number of hydrogen-bond donors (Lipinski definition) is 2. The molecule has 1 aliphatic rings. The summed E-state index contributed by atoms with van der Waals surface area (Å²) in [6.45, 7) is 8.65. The normalized spacial score (nSPS) is 18.2. The van der Waals surface area contributed by atoms with E-state index in [-0.39, 0.29) is 35.2 Å². The van der Waals surface area contributed by atoms with Crippen LogP contribution in [0.3, 0.4) is 0 Å². The van der Waals surface area contributed by atoms with Crippen molar-refractivity contribution in [2.24, 2.45) is 4.99 Å². The monoisotopic (exact) mass is 441 g/mol. The largest absolute Gasteiger partial charge is 0.377 e. The summed E-state index contributed by atoms with van der Waals surface area (Å²) in [5, 5.41) is 6.78. The number of nitrogens with one attached hydrogen (secondary N) is 2. The van der Waals surface area contributed by atoms with E-state index in [0.717, 1.165) is 38.4 Å². The number of halogens is 1. The van der Waals surface area contributed by atoms with Gasteiger partial charge in [0.05, 0.1) is 11.2 Å². The van der Waals surface area contributed by atoms with Crippen LogP contribution in [0.2, 0.25) is 0 Å². The summed E-state index contributed by atoms with van der Waals surface area (Å²) in [5.74, 6) is 0.815. The third-order valence-electron chi connectivity index (χ3n) is 4.41. The number of hydrogen-bond acceptors (Lipinski definition) is 3. The van der Waals surface area contributed by atoms with Crippen LogP contribution in [-0.4, -0.2) is 51.0 Å². The summed E-state index contributed by atoms with van der Waals surface area (Å²) < 4.78 is 11.6. The highest BCUT2D eigenvalue weighted by molar-refractivity contribution is 14.0. The maximum atomic E-state index is 6.21. The first-order valence-electron chi connectivity index (χ1n) is 8.60. The SMILES string of the molecule is CCCOC1(CNC(=NC)NCC(C)(C)OC)CCCCC1.I. The van der Waals surface area contributed by atoms with Crippen molar-refractivity contribution < 1.29 is 9.47 Å². The molecule has 0 aromatic heterocycles. The van der Waals surface area contributed by atoms with E-state index in [9.17, 15) is 0 Å². The Labute approximate surface area is 159 Å². The standard InChI is InChI=1S/C17H35N3O2.HI/c1-6-12-22-17(10-8-7-9-11-17)14-20-15(18-4)19-13-16(2,3)21-5;/h6-14H2,1-5H3,(H2,18,19,20);1H. The molecule has 0 spiro atoms. The Morgan fingerprint density at radius 3 is 2.35 bits per heavy atom. The minimum Gasteiger partial charge on any atom is -0.377 e. The molecule has 0 atom stereocenters. The molecule has 0 bridgehead atoms. The zero-order valence-electron chi connectivity index (χ0n) is 15.5. The average molecular weight is 441 g/mol. The molecular formula is C17H36IN3O2. The molecular weight excluding hydrogens is 405 g/mol. The van der Waals surface area contributed by atoms with Crippen molar-refractivity contribution in [3.8, 4) is 0 Å². The highest BCUT2D eigenvalue weighted by atomic mass is 127. The third kappa shape index (κ3) is 8.54. The molecule has 6 heteroatoms. The van der Waals surface area contributed by atoms with Crippen LogP contribution in [0.4, 0.5) is 0 Å². The third-order valence-corrected chi connectivity index (χ3v) is 4.41.